The fraction of sp³-hybridized carbons (Fsp3) is 0.250. The standard InChI is InChI=1S/C20H20ClN3O4S/c1-3-26-16-10-5-13(11-17(16)27-4-2)19(25)22-20-24-23-18(29-20)12-28-15-8-6-14(21)7-9-15/h5-11H,3-4,12H2,1-2H3,(H,22,24,25). The fourth-order valence-electron chi connectivity index (χ4n) is 2.40. The minimum absolute atomic E-state index is 0.243. The van der Waals surface area contributed by atoms with Crippen LogP contribution < -0.4 is 19.5 Å². The Labute approximate surface area is 177 Å². The van der Waals surface area contributed by atoms with E-state index in [4.69, 9.17) is 25.8 Å². The molecule has 2 aromatic carbocycles. The lowest BCUT2D eigenvalue weighted by Crippen LogP contribution is -2.12. The van der Waals surface area contributed by atoms with Crippen molar-refractivity contribution < 1.29 is 19.0 Å². The molecule has 0 atom stereocenters. The summed E-state index contributed by atoms with van der Waals surface area (Å²) in [5, 5.41) is 12.4. The molecule has 0 spiro atoms. The van der Waals surface area contributed by atoms with Crippen molar-refractivity contribution in [2.75, 3.05) is 18.5 Å². The van der Waals surface area contributed by atoms with Gasteiger partial charge >= 0.3 is 0 Å². The second-order valence-corrected chi connectivity index (χ2v) is 7.22. The predicted octanol–water partition coefficient (Wildman–Crippen LogP) is 4.82. The van der Waals surface area contributed by atoms with Crippen molar-refractivity contribution in [3.05, 3.63) is 58.1 Å². The van der Waals surface area contributed by atoms with E-state index < -0.39 is 0 Å². The molecule has 1 amide bonds. The van der Waals surface area contributed by atoms with Gasteiger partial charge in [-0.2, -0.15) is 0 Å². The van der Waals surface area contributed by atoms with E-state index >= 15 is 0 Å². The van der Waals surface area contributed by atoms with Gasteiger partial charge in [-0.3, -0.25) is 10.1 Å². The molecule has 1 heterocycles. The second-order valence-electron chi connectivity index (χ2n) is 5.73. The summed E-state index contributed by atoms with van der Waals surface area (Å²) in [4.78, 5) is 12.5. The maximum absolute atomic E-state index is 12.5. The lowest BCUT2D eigenvalue weighted by molar-refractivity contribution is 0.102. The quantitative estimate of drug-likeness (QED) is 0.521. The Morgan fingerprint density at radius 2 is 1.72 bits per heavy atom. The van der Waals surface area contributed by atoms with E-state index in [1.54, 1.807) is 42.5 Å². The van der Waals surface area contributed by atoms with Gasteiger partial charge in [0.05, 0.1) is 13.2 Å². The van der Waals surface area contributed by atoms with Crippen LogP contribution in [-0.4, -0.2) is 29.3 Å². The van der Waals surface area contributed by atoms with Gasteiger partial charge in [0, 0.05) is 10.6 Å². The van der Waals surface area contributed by atoms with Gasteiger partial charge in [0.1, 0.15) is 12.4 Å². The molecule has 152 valence electrons. The molecule has 0 unspecified atom stereocenters. The monoisotopic (exact) mass is 433 g/mol. The number of amides is 1. The Morgan fingerprint density at radius 1 is 1.00 bits per heavy atom. The third-order valence-electron chi connectivity index (χ3n) is 3.67. The minimum atomic E-state index is -0.310. The summed E-state index contributed by atoms with van der Waals surface area (Å²) in [6.07, 6.45) is 0. The zero-order valence-electron chi connectivity index (χ0n) is 16.0. The third kappa shape index (κ3) is 5.82. The van der Waals surface area contributed by atoms with Crippen LogP contribution in [-0.2, 0) is 6.61 Å². The summed E-state index contributed by atoms with van der Waals surface area (Å²) in [6, 6.07) is 12.1. The van der Waals surface area contributed by atoms with Crippen molar-refractivity contribution >= 4 is 34.0 Å². The number of ether oxygens (including phenoxy) is 3. The van der Waals surface area contributed by atoms with Crippen molar-refractivity contribution in [3.63, 3.8) is 0 Å². The van der Waals surface area contributed by atoms with Gasteiger partial charge in [-0.15, -0.1) is 10.2 Å². The van der Waals surface area contributed by atoms with Gasteiger partial charge < -0.3 is 14.2 Å². The van der Waals surface area contributed by atoms with Crippen LogP contribution in [0.25, 0.3) is 0 Å². The smallest absolute Gasteiger partial charge is 0.257 e. The summed E-state index contributed by atoms with van der Waals surface area (Å²) in [5.41, 5.74) is 0.436. The Morgan fingerprint density at radius 3 is 2.45 bits per heavy atom. The number of hydrogen-bond acceptors (Lipinski definition) is 7. The van der Waals surface area contributed by atoms with Crippen molar-refractivity contribution in [3.8, 4) is 17.2 Å². The Hall–Kier alpha value is -2.84. The largest absolute Gasteiger partial charge is 0.490 e. The van der Waals surface area contributed by atoms with E-state index in [9.17, 15) is 4.79 Å². The summed E-state index contributed by atoms with van der Waals surface area (Å²) in [5.74, 6) is 1.49. The number of rotatable bonds is 9. The van der Waals surface area contributed by atoms with E-state index in [1.165, 1.54) is 11.3 Å². The van der Waals surface area contributed by atoms with E-state index in [0.29, 0.717) is 51.2 Å². The van der Waals surface area contributed by atoms with Crippen molar-refractivity contribution in [1.29, 1.82) is 0 Å². The number of aromatic nitrogens is 2. The van der Waals surface area contributed by atoms with Gasteiger partial charge in [0.15, 0.2) is 16.5 Å². The highest BCUT2D eigenvalue weighted by Crippen LogP contribution is 2.29. The average Bonchev–Trinajstić information content (AvgIpc) is 3.16. The molecule has 0 radical (unpaired) electrons. The number of nitrogens with zero attached hydrogens (tertiary/aromatic N) is 2. The number of carbonyl (C=O) groups is 1. The van der Waals surface area contributed by atoms with Crippen molar-refractivity contribution in [1.82, 2.24) is 10.2 Å². The average molecular weight is 434 g/mol. The van der Waals surface area contributed by atoms with Gasteiger partial charge in [-0.1, -0.05) is 22.9 Å². The molecule has 1 N–H and O–H groups in total. The summed E-state index contributed by atoms with van der Waals surface area (Å²) < 4.78 is 16.7. The molecule has 0 aliphatic heterocycles. The molecule has 0 saturated heterocycles. The van der Waals surface area contributed by atoms with E-state index in [-0.39, 0.29) is 12.5 Å². The van der Waals surface area contributed by atoms with Crippen LogP contribution in [0.4, 0.5) is 5.13 Å². The first-order valence-corrected chi connectivity index (χ1v) is 10.2. The first kappa shape index (κ1) is 20.9. The summed E-state index contributed by atoms with van der Waals surface area (Å²) in [7, 11) is 0. The van der Waals surface area contributed by atoms with Crippen molar-refractivity contribution in [2.45, 2.75) is 20.5 Å². The normalized spacial score (nSPS) is 10.4. The van der Waals surface area contributed by atoms with Crippen LogP contribution in [0.15, 0.2) is 42.5 Å². The zero-order valence-corrected chi connectivity index (χ0v) is 17.5. The molecule has 3 rings (SSSR count). The SMILES string of the molecule is CCOc1ccc(C(=O)Nc2nnc(COc3ccc(Cl)cc3)s2)cc1OCC. The number of hydrogen-bond donors (Lipinski definition) is 1. The third-order valence-corrected chi connectivity index (χ3v) is 4.73. The number of halogens is 1. The fourth-order valence-corrected chi connectivity index (χ4v) is 3.17. The van der Waals surface area contributed by atoms with Crippen LogP contribution in [0, 0.1) is 0 Å². The molecule has 9 heteroatoms. The predicted molar refractivity (Wildman–Crippen MR) is 112 cm³/mol. The molecular weight excluding hydrogens is 414 g/mol. The molecule has 0 aliphatic carbocycles. The maximum Gasteiger partial charge on any atom is 0.257 e. The van der Waals surface area contributed by atoms with Crippen LogP contribution in [0.2, 0.25) is 5.02 Å². The molecule has 0 fully saturated rings. The molecule has 3 aromatic rings. The molecular formula is C20H20ClN3O4S. The molecule has 0 aliphatic rings. The maximum atomic E-state index is 12.5. The first-order chi connectivity index (χ1) is 14.1. The zero-order chi connectivity index (χ0) is 20.6. The Bertz CT molecular complexity index is 963. The highest BCUT2D eigenvalue weighted by Gasteiger charge is 2.14. The molecule has 0 bridgehead atoms. The number of benzene rings is 2. The van der Waals surface area contributed by atoms with Gasteiger partial charge in [-0.25, -0.2) is 0 Å². The topological polar surface area (TPSA) is 82.6 Å². The summed E-state index contributed by atoms with van der Waals surface area (Å²) in [6.45, 7) is 4.99. The number of nitrogens with one attached hydrogen (secondary N) is 1. The lowest BCUT2D eigenvalue weighted by Gasteiger charge is -2.12. The van der Waals surface area contributed by atoms with E-state index in [2.05, 4.69) is 15.5 Å². The molecule has 1 aromatic heterocycles. The van der Waals surface area contributed by atoms with E-state index in [1.807, 2.05) is 13.8 Å². The Balaban J connectivity index is 1.62. The highest BCUT2D eigenvalue weighted by atomic mass is 35.5. The van der Waals surface area contributed by atoms with Crippen LogP contribution in [0.5, 0.6) is 17.2 Å². The molecule has 0 saturated carbocycles. The van der Waals surface area contributed by atoms with E-state index in [0.717, 1.165) is 0 Å². The summed E-state index contributed by atoms with van der Waals surface area (Å²) >= 11 is 7.09. The van der Waals surface area contributed by atoms with Crippen LogP contribution in [0.1, 0.15) is 29.2 Å². The van der Waals surface area contributed by atoms with Crippen LogP contribution in [0.3, 0.4) is 0 Å². The number of anilines is 1. The van der Waals surface area contributed by atoms with Gasteiger partial charge in [0.25, 0.3) is 5.91 Å². The van der Waals surface area contributed by atoms with Crippen molar-refractivity contribution in [2.24, 2.45) is 0 Å². The minimum Gasteiger partial charge on any atom is -0.490 e. The Kier molecular flexibility index (Phi) is 7.26. The van der Waals surface area contributed by atoms with Gasteiger partial charge in [-0.05, 0) is 56.3 Å². The molecule has 7 nitrogen and oxygen atoms in total. The van der Waals surface area contributed by atoms with Crippen LogP contribution >= 0.6 is 22.9 Å². The van der Waals surface area contributed by atoms with Gasteiger partial charge in [0.2, 0.25) is 5.13 Å². The lowest BCUT2D eigenvalue weighted by atomic mass is 10.2. The first-order valence-electron chi connectivity index (χ1n) is 9.00. The molecule has 29 heavy (non-hydrogen) atoms. The second kappa shape index (κ2) is 10.1. The highest BCUT2D eigenvalue weighted by molar-refractivity contribution is 7.15. The number of carbonyl (C=O) groups excluding carboxylic acids is 1.